The van der Waals surface area contributed by atoms with E-state index in [1.165, 1.54) is 16.7 Å². The topological polar surface area (TPSA) is 20.3 Å². The summed E-state index contributed by atoms with van der Waals surface area (Å²) in [7, 11) is 0. The number of carbonyl (C=O) groups is 1. The van der Waals surface area contributed by atoms with E-state index >= 15 is 0 Å². The van der Waals surface area contributed by atoms with Crippen molar-refractivity contribution in [3.63, 3.8) is 0 Å². The van der Waals surface area contributed by atoms with Crippen LogP contribution in [0.25, 0.3) is 6.08 Å². The van der Waals surface area contributed by atoms with E-state index in [4.69, 9.17) is 0 Å². The fourth-order valence-corrected chi connectivity index (χ4v) is 3.88. The molecule has 0 saturated heterocycles. The minimum absolute atomic E-state index is 0.00728. The van der Waals surface area contributed by atoms with Gasteiger partial charge in [-0.15, -0.1) is 0 Å². The van der Waals surface area contributed by atoms with Crippen LogP contribution in [-0.4, -0.2) is 17.4 Å². The molecule has 2 nitrogen and oxygen atoms in total. The van der Waals surface area contributed by atoms with Crippen LogP contribution in [-0.2, 0) is 11.2 Å². The van der Waals surface area contributed by atoms with Gasteiger partial charge in [-0.05, 0) is 41.4 Å². The van der Waals surface area contributed by atoms with Crippen LogP contribution in [0.3, 0.4) is 0 Å². The first-order valence-electron chi connectivity index (χ1n) is 10.0. The highest BCUT2D eigenvalue weighted by atomic mass is 16.2. The van der Waals surface area contributed by atoms with E-state index in [1.54, 1.807) is 0 Å². The molecule has 27 heavy (non-hydrogen) atoms. The lowest BCUT2D eigenvalue weighted by molar-refractivity contribution is -0.135. The zero-order valence-corrected chi connectivity index (χ0v) is 16.8. The number of carbonyl (C=O) groups excluding carboxylic acids is 1. The first kappa shape index (κ1) is 19.4. The van der Waals surface area contributed by atoms with Gasteiger partial charge >= 0.3 is 0 Å². The van der Waals surface area contributed by atoms with Crippen LogP contribution in [0, 0.1) is 5.41 Å². The van der Waals surface area contributed by atoms with Gasteiger partial charge in [0.1, 0.15) is 0 Å². The van der Waals surface area contributed by atoms with Crippen molar-refractivity contribution in [2.75, 3.05) is 6.54 Å². The van der Waals surface area contributed by atoms with Crippen LogP contribution in [0.2, 0.25) is 0 Å². The highest BCUT2D eigenvalue weighted by Gasteiger charge is 2.30. The van der Waals surface area contributed by atoms with E-state index in [2.05, 4.69) is 74.2 Å². The molecule has 0 spiro atoms. The summed E-state index contributed by atoms with van der Waals surface area (Å²) in [4.78, 5) is 15.3. The molecule has 0 aromatic heterocycles. The largest absolute Gasteiger partial charge is 0.332 e. The lowest BCUT2D eigenvalue weighted by Crippen LogP contribution is -2.38. The fraction of sp³-hybridized carbons (Fsp3) is 0.400. The van der Waals surface area contributed by atoms with Gasteiger partial charge in [-0.1, -0.05) is 87.5 Å². The van der Waals surface area contributed by atoms with Gasteiger partial charge in [0.25, 0.3) is 0 Å². The molecule has 2 heteroatoms. The van der Waals surface area contributed by atoms with E-state index in [-0.39, 0.29) is 17.4 Å². The maximum Gasteiger partial charge on any atom is 0.223 e. The summed E-state index contributed by atoms with van der Waals surface area (Å²) in [5.74, 6) is 0.252. The Bertz CT molecular complexity index is 785. The van der Waals surface area contributed by atoms with Crippen molar-refractivity contribution in [3.8, 4) is 0 Å². The first-order valence-corrected chi connectivity index (χ1v) is 10.0. The van der Waals surface area contributed by atoms with Crippen LogP contribution in [0.15, 0.2) is 60.7 Å². The predicted octanol–water partition coefficient (Wildman–Crippen LogP) is 6.04. The number of fused-ring (bicyclic) bond motifs is 1. The van der Waals surface area contributed by atoms with E-state index < -0.39 is 0 Å². The molecule has 1 unspecified atom stereocenters. The van der Waals surface area contributed by atoms with Gasteiger partial charge in [-0.3, -0.25) is 4.79 Å². The molecule has 0 radical (unpaired) electrons. The zero-order valence-electron chi connectivity index (χ0n) is 16.8. The van der Waals surface area contributed by atoms with E-state index in [1.807, 2.05) is 18.2 Å². The quantitative estimate of drug-likeness (QED) is 0.635. The number of benzene rings is 2. The third-order valence-corrected chi connectivity index (χ3v) is 5.13. The van der Waals surface area contributed by atoms with Crippen molar-refractivity contribution in [2.45, 2.75) is 52.5 Å². The van der Waals surface area contributed by atoms with Crippen LogP contribution >= 0.6 is 0 Å². The molecule has 2 aromatic rings. The molecular formula is C25H31NO. The number of rotatable bonds is 5. The molecule has 0 heterocycles. The summed E-state index contributed by atoms with van der Waals surface area (Å²) in [5, 5.41) is 0. The Hall–Kier alpha value is -2.35. The highest BCUT2D eigenvalue weighted by Crippen LogP contribution is 2.35. The molecule has 0 saturated carbocycles. The summed E-state index contributed by atoms with van der Waals surface area (Å²) in [6.45, 7) is 7.07. The highest BCUT2D eigenvalue weighted by molar-refractivity contribution is 5.78. The average Bonchev–Trinajstić information content (AvgIpc) is 2.64. The molecule has 0 N–H and O–H groups in total. The smallest absolute Gasteiger partial charge is 0.223 e. The standard InChI is InChI=1S/C25H31NO/c1-25(2,3)19-24(27)26(18-10-13-20-11-5-4-6-12-20)23-17-9-15-21-14-7-8-16-22(21)23/h4-8,10-14,16,23H,9,15,17-19H2,1-3H3/b13-10+. The minimum atomic E-state index is -0.00728. The van der Waals surface area contributed by atoms with Gasteiger partial charge in [0, 0.05) is 13.0 Å². The van der Waals surface area contributed by atoms with Crippen molar-refractivity contribution >= 4 is 12.0 Å². The second kappa shape index (κ2) is 8.56. The van der Waals surface area contributed by atoms with E-state index in [0.717, 1.165) is 19.3 Å². The lowest BCUT2D eigenvalue weighted by atomic mass is 9.85. The Balaban J connectivity index is 1.84. The Morgan fingerprint density at radius 1 is 1.07 bits per heavy atom. The second-order valence-corrected chi connectivity index (χ2v) is 8.70. The van der Waals surface area contributed by atoms with Gasteiger partial charge < -0.3 is 4.90 Å². The number of aryl methyl sites for hydroxylation is 1. The third kappa shape index (κ3) is 5.32. The normalized spacial score (nSPS) is 16.9. The first-order chi connectivity index (χ1) is 12.9. The summed E-state index contributed by atoms with van der Waals surface area (Å²) in [6.07, 6.45) is 8.13. The van der Waals surface area contributed by atoms with Crippen LogP contribution in [0.5, 0.6) is 0 Å². The summed E-state index contributed by atoms with van der Waals surface area (Å²) in [5.41, 5.74) is 3.89. The molecule has 3 rings (SSSR count). The molecule has 0 aliphatic heterocycles. The number of amides is 1. The molecule has 1 amide bonds. The van der Waals surface area contributed by atoms with Crippen molar-refractivity contribution < 1.29 is 4.79 Å². The molecule has 1 aliphatic carbocycles. The van der Waals surface area contributed by atoms with Crippen molar-refractivity contribution in [1.29, 1.82) is 0 Å². The van der Waals surface area contributed by atoms with Crippen molar-refractivity contribution in [1.82, 2.24) is 4.90 Å². The molecule has 142 valence electrons. The van der Waals surface area contributed by atoms with Gasteiger partial charge in [0.15, 0.2) is 0 Å². The molecule has 0 bridgehead atoms. The van der Waals surface area contributed by atoms with Gasteiger partial charge in [0.2, 0.25) is 5.91 Å². The van der Waals surface area contributed by atoms with Crippen LogP contribution in [0.4, 0.5) is 0 Å². The molecular weight excluding hydrogens is 330 g/mol. The number of nitrogens with zero attached hydrogens (tertiary/aromatic N) is 1. The summed E-state index contributed by atoms with van der Waals surface area (Å²) < 4.78 is 0. The van der Waals surface area contributed by atoms with Crippen molar-refractivity contribution in [3.05, 3.63) is 77.4 Å². The maximum absolute atomic E-state index is 13.2. The minimum Gasteiger partial charge on any atom is -0.332 e. The Morgan fingerprint density at radius 2 is 1.78 bits per heavy atom. The lowest BCUT2D eigenvalue weighted by Gasteiger charge is -2.37. The molecule has 1 atom stereocenters. The monoisotopic (exact) mass is 361 g/mol. The predicted molar refractivity (Wildman–Crippen MR) is 113 cm³/mol. The SMILES string of the molecule is CC(C)(C)CC(=O)N(C/C=C/c1ccccc1)C1CCCc2ccccc21. The van der Waals surface area contributed by atoms with Crippen LogP contribution < -0.4 is 0 Å². The fourth-order valence-electron chi connectivity index (χ4n) is 3.88. The molecule has 2 aromatic carbocycles. The van der Waals surface area contributed by atoms with Crippen LogP contribution in [0.1, 0.15) is 62.8 Å². The number of hydrogen-bond donors (Lipinski definition) is 0. The average molecular weight is 362 g/mol. The van der Waals surface area contributed by atoms with Gasteiger partial charge in [-0.2, -0.15) is 0 Å². The van der Waals surface area contributed by atoms with E-state index in [0.29, 0.717) is 13.0 Å². The summed E-state index contributed by atoms with van der Waals surface area (Å²) in [6, 6.07) is 19.1. The Kier molecular flexibility index (Phi) is 6.15. The number of hydrogen-bond acceptors (Lipinski definition) is 1. The summed E-state index contributed by atoms with van der Waals surface area (Å²) >= 11 is 0. The second-order valence-electron chi connectivity index (χ2n) is 8.70. The van der Waals surface area contributed by atoms with Gasteiger partial charge in [-0.25, -0.2) is 0 Å². The zero-order chi connectivity index (χ0) is 19.3. The van der Waals surface area contributed by atoms with E-state index in [9.17, 15) is 4.79 Å². The van der Waals surface area contributed by atoms with Crippen molar-refractivity contribution in [2.24, 2.45) is 5.41 Å². The molecule has 0 fully saturated rings. The van der Waals surface area contributed by atoms with Gasteiger partial charge in [0.05, 0.1) is 6.04 Å². The third-order valence-electron chi connectivity index (χ3n) is 5.13. The Morgan fingerprint density at radius 3 is 2.52 bits per heavy atom. The maximum atomic E-state index is 13.2. The molecule has 1 aliphatic rings. The Labute approximate surface area is 163 Å².